The molecule has 6 amide bonds. The summed E-state index contributed by atoms with van der Waals surface area (Å²) in [7, 11) is 1.67. The number of rotatable bonds is 18. The second-order valence-corrected chi connectivity index (χ2v) is 21.7. The Bertz CT molecular complexity index is 3180. The van der Waals surface area contributed by atoms with E-state index in [-0.39, 0.29) is 59.4 Å². The Morgan fingerprint density at radius 1 is 0.842 bits per heavy atom. The number of carbonyl (C=O) groups excluding carboxylic acids is 6. The Balaban J connectivity index is 0.657. The van der Waals surface area contributed by atoms with E-state index in [0.717, 1.165) is 68.4 Å². The van der Waals surface area contributed by atoms with Crippen molar-refractivity contribution >= 4 is 64.1 Å². The number of nitrogens with one attached hydrogen (secondary N) is 3. The highest BCUT2D eigenvalue weighted by Crippen LogP contribution is 2.41. The van der Waals surface area contributed by atoms with Crippen LogP contribution in [-0.2, 0) is 47.4 Å². The van der Waals surface area contributed by atoms with Gasteiger partial charge >= 0.3 is 0 Å². The van der Waals surface area contributed by atoms with Crippen molar-refractivity contribution in [1.29, 1.82) is 0 Å². The summed E-state index contributed by atoms with van der Waals surface area (Å²) in [5.74, 6) is -1.16. The zero-order valence-electron chi connectivity index (χ0n) is 43.8. The highest BCUT2D eigenvalue weighted by atomic mass is 16.3. The van der Waals surface area contributed by atoms with E-state index in [1.807, 2.05) is 23.1 Å². The molecule has 0 radical (unpaired) electrons. The van der Waals surface area contributed by atoms with E-state index < -0.39 is 29.7 Å². The number of unbranched alkanes of at least 4 members (excludes halogenated alkanes) is 6. The van der Waals surface area contributed by atoms with Crippen LogP contribution in [0.5, 0.6) is 0 Å². The normalized spacial score (nSPS) is 19.0. The molecule has 8 heterocycles. The number of amides is 6. The van der Waals surface area contributed by atoms with Crippen LogP contribution in [-0.4, -0.2) is 114 Å². The average Bonchev–Trinajstić information content (AvgIpc) is 4.00. The first-order valence-corrected chi connectivity index (χ1v) is 26.8. The molecule has 5 aromatic rings. The minimum atomic E-state index is -1.00. The number of carbonyl (C=O) groups is 6. The molecular weight excluding hydrogens is 967 g/mol. The number of nitrogens with zero attached hydrogens (tertiary/aromatic N) is 8. The molecule has 2 unspecified atom stereocenters. The number of piperazine rings is 1. The van der Waals surface area contributed by atoms with Gasteiger partial charge in [0.1, 0.15) is 29.1 Å². The number of benzene rings is 1. The van der Waals surface area contributed by atoms with Crippen molar-refractivity contribution in [2.24, 2.45) is 12.5 Å². The molecule has 4 aromatic heterocycles. The van der Waals surface area contributed by atoms with E-state index in [9.17, 15) is 38.7 Å². The van der Waals surface area contributed by atoms with Gasteiger partial charge in [-0.2, -0.15) is 0 Å². The van der Waals surface area contributed by atoms with Gasteiger partial charge in [0.2, 0.25) is 17.7 Å². The molecule has 1 aliphatic carbocycles. The number of aliphatic hydroxyl groups is 1. The first-order chi connectivity index (χ1) is 36.6. The first-order valence-electron chi connectivity index (χ1n) is 26.8. The van der Waals surface area contributed by atoms with Crippen molar-refractivity contribution in [3.8, 4) is 11.1 Å². The zero-order valence-corrected chi connectivity index (χ0v) is 43.8. The van der Waals surface area contributed by atoms with Gasteiger partial charge in [-0.1, -0.05) is 52.0 Å². The van der Waals surface area contributed by atoms with Gasteiger partial charge in [0, 0.05) is 100 Å². The van der Waals surface area contributed by atoms with Crippen LogP contribution >= 0.6 is 0 Å². The van der Waals surface area contributed by atoms with Crippen LogP contribution in [0.3, 0.4) is 0 Å². The average molecular weight is 1030 g/mol. The van der Waals surface area contributed by atoms with Gasteiger partial charge in [-0.15, -0.1) is 0 Å². The number of aryl methyl sites for hydroxylation is 1. The van der Waals surface area contributed by atoms with Crippen molar-refractivity contribution in [3.63, 3.8) is 0 Å². The Kier molecular flexibility index (Phi) is 14.7. The van der Waals surface area contributed by atoms with E-state index in [2.05, 4.69) is 56.2 Å². The van der Waals surface area contributed by atoms with Crippen LogP contribution in [0, 0.1) is 5.41 Å². The molecule has 0 spiro atoms. The van der Waals surface area contributed by atoms with Gasteiger partial charge in [0.15, 0.2) is 0 Å². The maximum atomic E-state index is 14.0. The van der Waals surface area contributed by atoms with E-state index in [1.165, 1.54) is 15.8 Å². The van der Waals surface area contributed by atoms with Crippen LogP contribution in [0.25, 0.3) is 11.1 Å². The minimum absolute atomic E-state index is 0.0694. The molecule has 0 bridgehead atoms. The van der Waals surface area contributed by atoms with Crippen molar-refractivity contribution in [3.05, 3.63) is 111 Å². The van der Waals surface area contributed by atoms with Crippen LogP contribution in [0.4, 0.5) is 28.7 Å². The second-order valence-electron chi connectivity index (χ2n) is 21.7. The van der Waals surface area contributed by atoms with Crippen molar-refractivity contribution < 1.29 is 33.9 Å². The number of imide groups is 2. The number of aliphatic hydroxyl groups excluding tert-OH is 1. The molecule has 2 fully saturated rings. The van der Waals surface area contributed by atoms with E-state index in [1.54, 1.807) is 60.9 Å². The molecule has 2 atom stereocenters. The van der Waals surface area contributed by atoms with E-state index >= 15 is 0 Å². The Labute approximate surface area is 441 Å². The minimum Gasteiger partial charge on any atom is -0.392 e. The smallest absolute Gasteiger partial charge is 0.276 e. The van der Waals surface area contributed by atoms with Crippen LogP contribution in [0.15, 0.2) is 71.9 Å². The molecule has 19 nitrogen and oxygen atoms in total. The SMILES string of the molecule is CC1CN(C(=O)CCCCCCCCCNc2cccc3c2C(=O)N(C2CCC(=O)NC2=O)C3=O)CCN1c1ccc(Nc2cc(-c3ccnc(N4CCn5c(cc6c5CC(C)(C)C6)C4=O)c3CO)cn(C)c2=O)nc1. The molecule has 5 aliphatic rings. The Hall–Kier alpha value is -7.67. The Morgan fingerprint density at radius 2 is 1.63 bits per heavy atom. The molecule has 76 heavy (non-hydrogen) atoms. The third-order valence-electron chi connectivity index (χ3n) is 15.7. The van der Waals surface area contributed by atoms with Gasteiger partial charge in [0.05, 0.1) is 29.6 Å². The fourth-order valence-corrected chi connectivity index (χ4v) is 11.9. The van der Waals surface area contributed by atoms with Crippen LogP contribution in [0.1, 0.15) is 133 Å². The predicted octanol–water partition coefficient (Wildman–Crippen LogP) is 6.34. The summed E-state index contributed by atoms with van der Waals surface area (Å²) in [6.45, 7) is 9.83. The summed E-state index contributed by atoms with van der Waals surface area (Å²) < 4.78 is 3.64. The van der Waals surface area contributed by atoms with E-state index in [4.69, 9.17) is 0 Å². The summed E-state index contributed by atoms with van der Waals surface area (Å²) in [4.78, 5) is 108. The molecule has 4 aliphatic heterocycles. The van der Waals surface area contributed by atoms with Gasteiger partial charge < -0.3 is 34.7 Å². The third kappa shape index (κ3) is 10.2. The molecule has 0 saturated carbocycles. The molecule has 398 valence electrons. The second kappa shape index (κ2) is 21.5. The number of hydrogen-bond acceptors (Lipinski definition) is 13. The molecule has 2 saturated heterocycles. The monoisotopic (exact) mass is 1030 g/mol. The van der Waals surface area contributed by atoms with Crippen molar-refractivity contribution in [1.82, 2.24) is 34.2 Å². The molecule has 1 aromatic carbocycles. The van der Waals surface area contributed by atoms with Crippen LogP contribution < -0.4 is 31.3 Å². The maximum absolute atomic E-state index is 14.0. The highest BCUT2D eigenvalue weighted by molar-refractivity contribution is 6.25. The summed E-state index contributed by atoms with van der Waals surface area (Å²) in [6, 6.07) is 13.5. The van der Waals surface area contributed by atoms with Gasteiger partial charge in [-0.25, -0.2) is 9.97 Å². The lowest BCUT2D eigenvalue weighted by atomic mass is 9.90. The Morgan fingerprint density at radius 3 is 2.38 bits per heavy atom. The number of hydrogen-bond donors (Lipinski definition) is 4. The van der Waals surface area contributed by atoms with Crippen LogP contribution in [0.2, 0.25) is 0 Å². The number of aromatic nitrogens is 4. The number of fused-ring (bicyclic) bond motifs is 4. The standard InChI is InChI=1S/C57H67N11O8/c1-35-32-64(49(71)15-10-8-6-5-7-9-11-21-58-42-14-12-13-40-50(42)56(76)68(53(40)73)44-17-19-48(70)62-52(44)72)23-24-65(35)38-16-18-47(60-31-38)61-43-27-37(33-63(4)54(43)74)39-20-22-59-51(41(39)34-69)67-26-25-66-45(55(67)75)28-36-29-57(2,3)30-46(36)66/h12-14,16,18,20,22,27-28,31,33,35,44,58,69H,5-11,15,17,19,21,23-26,29-30,32,34H2,1-4H3,(H,60,61)(H,62,70,72). The number of anilines is 5. The summed E-state index contributed by atoms with van der Waals surface area (Å²) in [5, 5.41) is 19.5. The lowest BCUT2D eigenvalue weighted by Crippen LogP contribution is -2.54. The zero-order chi connectivity index (χ0) is 53.4. The fraction of sp³-hybridized carbons (Fsp3) is 0.456. The first kappa shape index (κ1) is 51.8. The number of pyridine rings is 3. The van der Waals surface area contributed by atoms with E-state index in [0.29, 0.717) is 91.1 Å². The molecular formula is C57H67N11O8. The summed E-state index contributed by atoms with van der Waals surface area (Å²) in [5.41, 5.74) is 7.16. The highest BCUT2D eigenvalue weighted by Gasteiger charge is 2.46. The van der Waals surface area contributed by atoms with Gasteiger partial charge in [-0.05, 0) is 98.0 Å². The third-order valence-corrected chi connectivity index (χ3v) is 15.7. The summed E-state index contributed by atoms with van der Waals surface area (Å²) in [6.07, 6.45) is 14.5. The largest absolute Gasteiger partial charge is 0.392 e. The molecule has 4 N–H and O–H groups in total. The molecule has 10 rings (SSSR count). The fourth-order valence-electron chi connectivity index (χ4n) is 11.9. The maximum Gasteiger partial charge on any atom is 0.276 e. The predicted molar refractivity (Wildman–Crippen MR) is 288 cm³/mol. The van der Waals surface area contributed by atoms with Crippen molar-refractivity contribution in [2.45, 2.75) is 123 Å². The quantitative estimate of drug-likeness (QED) is 0.0557. The van der Waals surface area contributed by atoms with Gasteiger partial charge in [-0.3, -0.25) is 48.7 Å². The lowest BCUT2D eigenvalue weighted by molar-refractivity contribution is -0.136. The topological polar surface area (TPSA) is 224 Å². The summed E-state index contributed by atoms with van der Waals surface area (Å²) >= 11 is 0. The number of piperidine rings is 1. The lowest BCUT2D eigenvalue weighted by Gasteiger charge is -2.41. The van der Waals surface area contributed by atoms with Crippen molar-refractivity contribution in [2.75, 3.05) is 53.2 Å². The van der Waals surface area contributed by atoms with Gasteiger partial charge in [0.25, 0.3) is 23.3 Å². The molecule has 19 heteroatoms.